The fourth-order valence-corrected chi connectivity index (χ4v) is 33.7. The molecule has 0 saturated heterocycles. The molecule has 0 spiro atoms. The van der Waals surface area contributed by atoms with Crippen LogP contribution in [0.25, 0.3) is 97.0 Å². The molecule has 21 aliphatic rings. The van der Waals surface area contributed by atoms with Gasteiger partial charge in [0.05, 0.1) is 0 Å². The van der Waals surface area contributed by atoms with E-state index in [0.29, 0.717) is 0 Å². The van der Waals surface area contributed by atoms with Crippen molar-refractivity contribution < 1.29 is 0 Å². The molecular weight excluding hydrogens is 1680 g/mol. The molecule has 0 radical (unpaired) electrons. The molecule has 0 fully saturated rings. The van der Waals surface area contributed by atoms with Crippen molar-refractivity contribution in [3.63, 3.8) is 0 Å². The second-order valence-corrected chi connectivity index (χ2v) is 43.8. The van der Waals surface area contributed by atoms with Crippen molar-refractivity contribution in [2.45, 2.75) is 82.9 Å². The maximum atomic E-state index is 2.84. The molecule has 0 nitrogen and oxygen atoms in total. The zero-order valence-electron chi connectivity index (χ0n) is 76.2. The Morgan fingerprint density at radius 3 is 0.171 bits per heavy atom. The molecular formula is C140H80. The molecule has 0 heterocycles. The lowest BCUT2D eigenvalue weighted by molar-refractivity contribution is 0.755. The summed E-state index contributed by atoms with van der Waals surface area (Å²) in [4.78, 5) is 0. The molecule has 0 heteroatoms. The third kappa shape index (κ3) is 8.23. The van der Waals surface area contributed by atoms with Gasteiger partial charge in [0.15, 0.2) is 0 Å². The number of benzene rings is 24. The highest BCUT2D eigenvalue weighted by molar-refractivity contribution is 6.30. The minimum Gasteiger partial charge on any atom is -0.0619 e. The van der Waals surface area contributed by atoms with E-state index in [1.165, 1.54) is 331 Å². The molecule has 640 valence electrons. The fraction of sp³-hybridized carbons (Fsp3) is 0.100. The fourth-order valence-electron chi connectivity index (χ4n) is 33.7. The summed E-state index contributed by atoms with van der Waals surface area (Å²) in [5.74, 6) is 1.01. The lowest BCUT2D eigenvalue weighted by atomic mass is 9.58. The van der Waals surface area contributed by atoms with Gasteiger partial charge in [-0.15, -0.1) is 0 Å². The first kappa shape index (κ1) is 72.0. The van der Waals surface area contributed by atoms with Crippen molar-refractivity contribution in [2.24, 2.45) is 0 Å². The first-order valence-corrected chi connectivity index (χ1v) is 51.2. The predicted molar refractivity (Wildman–Crippen MR) is 567 cm³/mol. The average molecular weight is 1760 g/mol. The van der Waals surface area contributed by atoms with Crippen LogP contribution in [-0.2, 0) is 0 Å². The van der Waals surface area contributed by atoms with Gasteiger partial charge in [0, 0.05) is 82.9 Å². The van der Waals surface area contributed by atoms with E-state index in [2.05, 4.69) is 400 Å². The Balaban J connectivity index is 0.662. The molecule has 0 atom stereocenters. The Morgan fingerprint density at radius 2 is 0.114 bits per heavy atom. The molecule has 0 N–H and O–H groups in total. The maximum absolute atomic E-state index is 2.84. The monoisotopic (exact) mass is 1760 g/mol. The summed E-state index contributed by atoms with van der Waals surface area (Å²) in [7, 11) is 0. The number of fused-ring (bicyclic) bond motifs is 18. The third-order valence-electron chi connectivity index (χ3n) is 38.6. The van der Waals surface area contributed by atoms with Crippen LogP contribution in [0.2, 0.25) is 0 Å². The van der Waals surface area contributed by atoms with E-state index in [-0.39, 0.29) is 82.9 Å². The van der Waals surface area contributed by atoms with Gasteiger partial charge < -0.3 is 0 Å². The maximum Gasteiger partial charge on any atom is 0.0349 e. The zero-order chi connectivity index (χ0) is 89.4. The van der Waals surface area contributed by atoms with E-state index in [4.69, 9.17) is 0 Å². The minimum atomic E-state index is -0.153. The lowest BCUT2D eigenvalue weighted by Crippen LogP contribution is -2.28. The van der Waals surface area contributed by atoms with Crippen LogP contribution in [0.3, 0.4) is 0 Å². The molecule has 14 bridgehead atoms. The van der Waals surface area contributed by atoms with Crippen molar-refractivity contribution in [2.75, 3.05) is 0 Å². The van der Waals surface area contributed by atoms with Gasteiger partial charge in [-0.3, -0.25) is 0 Å². The number of hydrogen-bond acceptors (Lipinski definition) is 0. The summed E-state index contributed by atoms with van der Waals surface area (Å²) in [5, 5.41) is 24.5. The topological polar surface area (TPSA) is 0 Å². The van der Waals surface area contributed by atoms with Crippen molar-refractivity contribution >= 4 is 97.0 Å². The molecule has 0 amide bonds. The van der Waals surface area contributed by atoms with Crippen LogP contribution in [0.4, 0.5) is 0 Å². The van der Waals surface area contributed by atoms with Gasteiger partial charge in [-0.1, -0.05) is 291 Å². The second kappa shape index (κ2) is 24.6. The standard InChI is InChI=1S/C140H80/c1-13-37-79-67(25-1)127-68-26-2-14-38-80(68)133(79)115-55-97-91(49-109(115)127)92-50-110-116(134-81-39-15-3-27-69(81)128(110)70-28-4-16-40-82(70)134)56-98(92)104-62-122-121(61-103(97)104)139-123-63-105-99-57-117-111(129-71-29-5-17-41-83(71)135(117)84-42-18-6-30-72(84)129)51-93(99)95-53-113-119(137-87-45-21-9-33-75(87)131(113)76-34-10-22-46-88(76)137)59-101(95)107(105)65-125(123)140(122)126-66-108-102-60-120-114(132-77-35-11-23-47-89(77)138(120)90-48-24-12-36-78(90)132)54-96(102)94-52-112-118(58-100(94)106(108)64-124(126)139)136-85-43-19-7-31-73(85)130(112)74-32-8-20-44-86(74)136/h1-66,127-140H. The Hall–Kier alpha value is -16.4. The van der Waals surface area contributed by atoms with Crippen LogP contribution < -0.4 is 0 Å². The van der Waals surface area contributed by atoms with Crippen LogP contribution in [0.5, 0.6) is 0 Å². The molecule has 0 aliphatic heterocycles. The summed E-state index contributed by atoms with van der Waals surface area (Å²) in [5.41, 5.74) is 61.1. The van der Waals surface area contributed by atoms with Gasteiger partial charge in [0.25, 0.3) is 0 Å². The molecule has 24 aromatic carbocycles. The van der Waals surface area contributed by atoms with E-state index in [1.54, 1.807) is 0 Å². The summed E-state index contributed by atoms with van der Waals surface area (Å²) in [6, 6.07) is 164. The highest BCUT2D eigenvalue weighted by atomic mass is 14.5. The van der Waals surface area contributed by atoms with Gasteiger partial charge in [0.1, 0.15) is 0 Å². The molecule has 24 aromatic rings. The van der Waals surface area contributed by atoms with Crippen LogP contribution in [0.15, 0.2) is 400 Å². The minimum absolute atomic E-state index is 0.102. The highest BCUT2D eigenvalue weighted by Crippen LogP contribution is 2.69. The van der Waals surface area contributed by atoms with Crippen LogP contribution in [0.1, 0.15) is 317 Å². The first-order valence-electron chi connectivity index (χ1n) is 51.2. The van der Waals surface area contributed by atoms with Crippen molar-refractivity contribution in [1.29, 1.82) is 0 Å². The highest BCUT2D eigenvalue weighted by Gasteiger charge is 2.52. The molecule has 0 unspecified atom stereocenters. The van der Waals surface area contributed by atoms with Gasteiger partial charge in [-0.2, -0.15) is 0 Å². The van der Waals surface area contributed by atoms with E-state index in [9.17, 15) is 0 Å². The molecule has 140 heavy (non-hydrogen) atoms. The molecule has 0 saturated carbocycles. The predicted octanol–water partition coefficient (Wildman–Crippen LogP) is 33.0. The van der Waals surface area contributed by atoms with Crippen molar-refractivity contribution in [3.8, 4) is 0 Å². The van der Waals surface area contributed by atoms with Crippen LogP contribution in [0, 0.1) is 0 Å². The quantitative estimate of drug-likeness (QED) is 0.133. The Kier molecular flexibility index (Phi) is 12.7. The van der Waals surface area contributed by atoms with E-state index in [0.717, 1.165) is 0 Å². The molecule has 21 aliphatic carbocycles. The Bertz CT molecular complexity index is 8500. The smallest absolute Gasteiger partial charge is 0.0349 e. The molecule has 45 rings (SSSR count). The van der Waals surface area contributed by atoms with Crippen LogP contribution in [-0.4, -0.2) is 0 Å². The van der Waals surface area contributed by atoms with Gasteiger partial charge in [-0.05, 0) is 440 Å². The third-order valence-corrected chi connectivity index (χ3v) is 38.6. The lowest BCUT2D eigenvalue weighted by Gasteiger charge is -2.44. The summed E-state index contributed by atoms with van der Waals surface area (Å²) < 4.78 is 0. The summed E-state index contributed by atoms with van der Waals surface area (Å²) in [6.45, 7) is 0. The zero-order valence-corrected chi connectivity index (χ0v) is 76.2. The summed E-state index contributed by atoms with van der Waals surface area (Å²) in [6.07, 6.45) is 0. The number of hydrogen-bond donors (Lipinski definition) is 0. The second-order valence-electron chi connectivity index (χ2n) is 43.8. The molecule has 0 aromatic heterocycles. The van der Waals surface area contributed by atoms with Gasteiger partial charge >= 0.3 is 0 Å². The SMILES string of the molecule is c1ccc2c(c1)C1c3ccccc3C2c2cc3c(cc21)c1cc2c(cc1c1cc4c(cc31)C1c3cc5c6cc7c(cc6c6cc8c(cc6c5cc3C4c3cc4c5cc6c(cc5c5cc9c(cc5c4cc31)C1c3ccccc3C9c3ccccc31)C1c3ccccc3C6c3ccccc31)C1c3ccccc3C8c3ccccc31)C1c3ccccc3C7c3ccccc31)C1c3ccccc3C2c2ccccc21. The van der Waals surface area contributed by atoms with E-state index in [1.807, 2.05) is 0 Å². The average Bonchev–Trinajstić information content (AvgIpc) is 0.662. The normalized spacial score (nSPS) is 22.3. The van der Waals surface area contributed by atoms with Crippen LogP contribution >= 0.6 is 0 Å². The van der Waals surface area contributed by atoms with Gasteiger partial charge in [-0.25, -0.2) is 0 Å². The Morgan fingerprint density at radius 1 is 0.0643 bits per heavy atom. The largest absolute Gasteiger partial charge is 0.0619 e. The summed E-state index contributed by atoms with van der Waals surface area (Å²) >= 11 is 0. The van der Waals surface area contributed by atoms with E-state index >= 15 is 0 Å². The van der Waals surface area contributed by atoms with E-state index < -0.39 is 0 Å². The van der Waals surface area contributed by atoms with Crippen molar-refractivity contribution in [3.05, 3.63) is 634 Å². The van der Waals surface area contributed by atoms with Crippen molar-refractivity contribution in [1.82, 2.24) is 0 Å². The van der Waals surface area contributed by atoms with Gasteiger partial charge in [0.2, 0.25) is 0 Å². The number of rotatable bonds is 0. The Labute approximate surface area is 807 Å². The first-order chi connectivity index (χ1) is 69.5.